The Morgan fingerprint density at radius 3 is 2.82 bits per heavy atom. The van der Waals surface area contributed by atoms with E-state index in [-0.39, 0.29) is 11.8 Å². The van der Waals surface area contributed by atoms with Crippen molar-refractivity contribution >= 4 is 11.6 Å². The van der Waals surface area contributed by atoms with Crippen LogP contribution in [0.3, 0.4) is 0 Å². The number of amides is 1. The maximum Gasteiger partial charge on any atom is 0.229 e. The van der Waals surface area contributed by atoms with E-state index in [0.717, 1.165) is 18.8 Å². The van der Waals surface area contributed by atoms with Gasteiger partial charge in [0.15, 0.2) is 0 Å². The SMILES string of the molecule is CC1CN(C(=O)C(C)C)c2ccccc2CN1. The van der Waals surface area contributed by atoms with E-state index < -0.39 is 0 Å². The summed E-state index contributed by atoms with van der Waals surface area (Å²) in [7, 11) is 0. The van der Waals surface area contributed by atoms with Crippen LogP contribution in [0.2, 0.25) is 0 Å². The molecule has 0 aromatic heterocycles. The lowest BCUT2D eigenvalue weighted by atomic mass is 10.1. The Balaban J connectivity index is 2.39. The van der Waals surface area contributed by atoms with Crippen LogP contribution in [0.15, 0.2) is 24.3 Å². The van der Waals surface area contributed by atoms with Gasteiger partial charge in [-0.2, -0.15) is 0 Å². The molecular weight excluding hydrogens is 212 g/mol. The highest BCUT2D eigenvalue weighted by Gasteiger charge is 2.25. The van der Waals surface area contributed by atoms with Crippen LogP contribution in [0.1, 0.15) is 26.3 Å². The molecule has 0 fully saturated rings. The minimum atomic E-state index is 0.0355. The lowest BCUT2D eigenvalue weighted by Gasteiger charge is -2.26. The van der Waals surface area contributed by atoms with Crippen molar-refractivity contribution in [2.75, 3.05) is 11.4 Å². The summed E-state index contributed by atoms with van der Waals surface area (Å²) in [5, 5.41) is 3.43. The Morgan fingerprint density at radius 2 is 2.12 bits per heavy atom. The summed E-state index contributed by atoms with van der Waals surface area (Å²) in [5.41, 5.74) is 2.26. The van der Waals surface area contributed by atoms with Crippen LogP contribution in [-0.4, -0.2) is 18.5 Å². The van der Waals surface area contributed by atoms with Crippen molar-refractivity contribution in [1.82, 2.24) is 5.32 Å². The van der Waals surface area contributed by atoms with Gasteiger partial charge in [-0.25, -0.2) is 0 Å². The molecule has 0 saturated carbocycles. The number of benzene rings is 1. The Labute approximate surface area is 103 Å². The van der Waals surface area contributed by atoms with E-state index in [1.54, 1.807) is 0 Å². The highest BCUT2D eigenvalue weighted by atomic mass is 16.2. The van der Waals surface area contributed by atoms with Gasteiger partial charge in [0, 0.05) is 30.7 Å². The number of nitrogens with zero attached hydrogens (tertiary/aromatic N) is 1. The first kappa shape index (κ1) is 12.1. The van der Waals surface area contributed by atoms with Crippen molar-refractivity contribution in [1.29, 1.82) is 0 Å². The zero-order chi connectivity index (χ0) is 12.4. The Bertz CT molecular complexity index is 414. The molecule has 1 N–H and O–H groups in total. The van der Waals surface area contributed by atoms with Crippen molar-refractivity contribution < 1.29 is 4.79 Å². The number of hydrogen-bond acceptors (Lipinski definition) is 2. The van der Waals surface area contributed by atoms with Gasteiger partial charge in [0.1, 0.15) is 0 Å². The van der Waals surface area contributed by atoms with Gasteiger partial charge in [0.2, 0.25) is 5.91 Å². The molecule has 1 aliphatic heterocycles. The third-order valence-corrected chi connectivity index (χ3v) is 3.14. The maximum absolute atomic E-state index is 12.3. The van der Waals surface area contributed by atoms with Gasteiger partial charge in [0.25, 0.3) is 0 Å². The van der Waals surface area contributed by atoms with Crippen LogP contribution in [0.5, 0.6) is 0 Å². The molecule has 3 nitrogen and oxygen atoms in total. The monoisotopic (exact) mass is 232 g/mol. The van der Waals surface area contributed by atoms with Crippen molar-refractivity contribution in [3.8, 4) is 0 Å². The summed E-state index contributed by atoms with van der Waals surface area (Å²) in [6, 6.07) is 8.46. The lowest BCUT2D eigenvalue weighted by molar-refractivity contribution is -0.121. The molecule has 1 unspecified atom stereocenters. The minimum Gasteiger partial charge on any atom is -0.310 e. The summed E-state index contributed by atoms with van der Waals surface area (Å²) in [6.07, 6.45) is 0. The first-order chi connectivity index (χ1) is 8.09. The molecule has 1 aromatic rings. The van der Waals surface area contributed by atoms with Gasteiger partial charge in [-0.3, -0.25) is 4.79 Å². The summed E-state index contributed by atoms with van der Waals surface area (Å²) < 4.78 is 0. The molecule has 1 heterocycles. The molecule has 1 aromatic carbocycles. The Hall–Kier alpha value is -1.35. The number of rotatable bonds is 1. The first-order valence-electron chi connectivity index (χ1n) is 6.22. The van der Waals surface area contributed by atoms with Gasteiger partial charge >= 0.3 is 0 Å². The normalized spacial score (nSPS) is 20.0. The number of carbonyl (C=O) groups is 1. The highest BCUT2D eigenvalue weighted by molar-refractivity contribution is 5.95. The predicted octanol–water partition coefficient (Wildman–Crippen LogP) is 2.17. The van der Waals surface area contributed by atoms with Crippen LogP contribution < -0.4 is 10.2 Å². The van der Waals surface area contributed by atoms with Gasteiger partial charge in [-0.1, -0.05) is 32.0 Å². The van der Waals surface area contributed by atoms with E-state index in [2.05, 4.69) is 18.3 Å². The largest absolute Gasteiger partial charge is 0.310 e. The van der Waals surface area contributed by atoms with E-state index in [1.807, 2.05) is 36.9 Å². The van der Waals surface area contributed by atoms with Crippen LogP contribution >= 0.6 is 0 Å². The van der Waals surface area contributed by atoms with Crippen LogP contribution in [0.4, 0.5) is 5.69 Å². The fourth-order valence-electron chi connectivity index (χ4n) is 2.16. The second-order valence-electron chi connectivity index (χ2n) is 5.01. The Morgan fingerprint density at radius 1 is 1.41 bits per heavy atom. The van der Waals surface area contributed by atoms with Crippen molar-refractivity contribution in [3.05, 3.63) is 29.8 Å². The molecule has 0 aliphatic carbocycles. The van der Waals surface area contributed by atoms with E-state index in [1.165, 1.54) is 5.56 Å². The smallest absolute Gasteiger partial charge is 0.229 e. The van der Waals surface area contributed by atoms with Gasteiger partial charge in [-0.05, 0) is 18.6 Å². The number of hydrogen-bond donors (Lipinski definition) is 1. The number of para-hydroxylation sites is 1. The standard InChI is InChI=1S/C14H20N2O/c1-10(2)14(17)16-9-11(3)15-8-12-6-4-5-7-13(12)16/h4-7,10-11,15H,8-9H2,1-3H3. The van der Waals surface area contributed by atoms with E-state index >= 15 is 0 Å². The quantitative estimate of drug-likeness (QED) is 0.805. The molecule has 17 heavy (non-hydrogen) atoms. The fraction of sp³-hybridized carbons (Fsp3) is 0.500. The maximum atomic E-state index is 12.3. The Kier molecular flexibility index (Phi) is 3.48. The van der Waals surface area contributed by atoms with Crippen molar-refractivity contribution in [2.24, 2.45) is 5.92 Å². The molecule has 1 aliphatic rings. The molecule has 0 radical (unpaired) electrons. The molecule has 0 bridgehead atoms. The predicted molar refractivity (Wildman–Crippen MR) is 69.9 cm³/mol. The lowest BCUT2D eigenvalue weighted by Crippen LogP contribution is -2.41. The molecule has 0 spiro atoms. The zero-order valence-electron chi connectivity index (χ0n) is 10.7. The zero-order valence-corrected chi connectivity index (χ0v) is 10.7. The number of nitrogens with one attached hydrogen (secondary N) is 1. The average Bonchev–Trinajstić information content (AvgIpc) is 2.48. The topological polar surface area (TPSA) is 32.3 Å². The second-order valence-corrected chi connectivity index (χ2v) is 5.01. The van der Waals surface area contributed by atoms with Gasteiger partial charge in [0.05, 0.1) is 0 Å². The summed E-state index contributed by atoms with van der Waals surface area (Å²) in [6.45, 7) is 7.60. The second kappa shape index (κ2) is 4.88. The molecular formula is C14H20N2O. The number of anilines is 1. The van der Waals surface area contributed by atoms with Crippen molar-refractivity contribution in [3.63, 3.8) is 0 Å². The third kappa shape index (κ3) is 2.50. The first-order valence-corrected chi connectivity index (χ1v) is 6.22. The van der Waals surface area contributed by atoms with Crippen LogP contribution in [0, 0.1) is 5.92 Å². The molecule has 92 valence electrons. The molecule has 2 rings (SSSR count). The highest BCUT2D eigenvalue weighted by Crippen LogP contribution is 2.24. The summed E-state index contributed by atoms with van der Waals surface area (Å²) in [4.78, 5) is 14.2. The fourth-order valence-corrected chi connectivity index (χ4v) is 2.16. The molecule has 3 heteroatoms. The van der Waals surface area contributed by atoms with E-state index in [4.69, 9.17) is 0 Å². The van der Waals surface area contributed by atoms with Crippen LogP contribution in [0.25, 0.3) is 0 Å². The third-order valence-electron chi connectivity index (χ3n) is 3.14. The van der Waals surface area contributed by atoms with Gasteiger partial charge in [-0.15, -0.1) is 0 Å². The van der Waals surface area contributed by atoms with E-state index in [0.29, 0.717) is 6.04 Å². The summed E-state index contributed by atoms with van der Waals surface area (Å²) in [5.74, 6) is 0.237. The van der Waals surface area contributed by atoms with Crippen LogP contribution in [-0.2, 0) is 11.3 Å². The summed E-state index contributed by atoms with van der Waals surface area (Å²) >= 11 is 0. The van der Waals surface area contributed by atoms with Gasteiger partial charge < -0.3 is 10.2 Å². The molecule has 1 atom stereocenters. The van der Waals surface area contributed by atoms with Crippen molar-refractivity contribution in [2.45, 2.75) is 33.4 Å². The molecule has 1 amide bonds. The number of fused-ring (bicyclic) bond motifs is 1. The minimum absolute atomic E-state index is 0.0355. The van der Waals surface area contributed by atoms with E-state index in [9.17, 15) is 4.79 Å². The number of carbonyl (C=O) groups excluding carboxylic acids is 1. The average molecular weight is 232 g/mol. The molecule has 0 saturated heterocycles.